The molecule has 1 saturated carbocycles. The van der Waals surface area contributed by atoms with Gasteiger partial charge >= 0.3 is 0 Å². The van der Waals surface area contributed by atoms with Gasteiger partial charge in [0.2, 0.25) is 5.91 Å². The Hall–Kier alpha value is -1.92. The summed E-state index contributed by atoms with van der Waals surface area (Å²) in [5.74, 6) is 0.000598. The first kappa shape index (κ1) is 16.5. The van der Waals surface area contributed by atoms with Crippen molar-refractivity contribution in [2.45, 2.75) is 44.6 Å². The van der Waals surface area contributed by atoms with Gasteiger partial charge in [-0.15, -0.1) is 0 Å². The van der Waals surface area contributed by atoms with Gasteiger partial charge in [0.05, 0.1) is 6.61 Å². The molecule has 2 heterocycles. The van der Waals surface area contributed by atoms with Crippen molar-refractivity contribution in [3.63, 3.8) is 0 Å². The van der Waals surface area contributed by atoms with E-state index in [1.165, 1.54) is 19.3 Å². The summed E-state index contributed by atoms with van der Waals surface area (Å²) in [7, 11) is 1.58. The fourth-order valence-corrected chi connectivity index (χ4v) is 4.11. The van der Waals surface area contributed by atoms with Crippen LogP contribution in [0, 0.1) is 5.41 Å². The fraction of sp³-hybridized carbons (Fsp3) is 0.579. The highest BCUT2D eigenvalue weighted by molar-refractivity contribution is 5.98. The largest absolute Gasteiger partial charge is 0.368 e. The van der Waals surface area contributed by atoms with Gasteiger partial charge in [-0.1, -0.05) is 6.42 Å². The second kappa shape index (κ2) is 6.42. The Morgan fingerprint density at radius 2 is 2.24 bits per heavy atom. The van der Waals surface area contributed by atoms with Crippen LogP contribution in [0.4, 0.5) is 11.4 Å². The van der Waals surface area contributed by atoms with Crippen molar-refractivity contribution in [2.24, 2.45) is 5.41 Å². The molecule has 25 heavy (non-hydrogen) atoms. The maximum absolute atomic E-state index is 12.5. The third-order valence-corrected chi connectivity index (χ3v) is 5.72. The predicted octanol–water partition coefficient (Wildman–Crippen LogP) is 2.47. The lowest BCUT2D eigenvalue weighted by atomic mass is 9.67. The Morgan fingerprint density at radius 1 is 1.40 bits per heavy atom. The van der Waals surface area contributed by atoms with Gasteiger partial charge in [0.25, 0.3) is 5.91 Å². The molecule has 2 fully saturated rings. The summed E-state index contributed by atoms with van der Waals surface area (Å²) in [6, 6.07) is 5.67. The van der Waals surface area contributed by atoms with E-state index in [9.17, 15) is 9.59 Å². The number of anilines is 2. The summed E-state index contributed by atoms with van der Waals surface area (Å²) >= 11 is 0. The van der Waals surface area contributed by atoms with Crippen LogP contribution in [0.2, 0.25) is 0 Å². The molecular weight excluding hydrogens is 320 g/mol. The monoisotopic (exact) mass is 344 g/mol. The van der Waals surface area contributed by atoms with E-state index in [4.69, 9.17) is 9.47 Å². The van der Waals surface area contributed by atoms with Crippen LogP contribution >= 0.6 is 0 Å². The fourth-order valence-electron chi connectivity index (χ4n) is 4.11. The molecule has 1 aromatic rings. The first-order valence-corrected chi connectivity index (χ1v) is 8.95. The minimum atomic E-state index is -0.345. The van der Waals surface area contributed by atoms with E-state index in [0.29, 0.717) is 19.4 Å². The number of methoxy groups -OCH3 is 1. The first-order valence-electron chi connectivity index (χ1n) is 8.95. The minimum Gasteiger partial charge on any atom is -0.368 e. The van der Waals surface area contributed by atoms with Gasteiger partial charge in [-0.05, 0) is 54.9 Å². The van der Waals surface area contributed by atoms with E-state index >= 15 is 0 Å². The van der Waals surface area contributed by atoms with Crippen LogP contribution in [0.5, 0.6) is 0 Å². The van der Waals surface area contributed by atoms with Crippen LogP contribution in [0.25, 0.3) is 0 Å². The summed E-state index contributed by atoms with van der Waals surface area (Å²) in [4.78, 5) is 26.2. The molecule has 1 aromatic carbocycles. The van der Waals surface area contributed by atoms with Crippen LogP contribution in [0.3, 0.4) is 0 Å². The van der Waals surface area contributed by atoms with Crippen molar-refractivity contribution in [1.29, 1.82) is 0 Å². The smallest absolute Gasteiger partial charge is 0.253 e. The molecule has 1 N–H and O–H groups in total. The average molecular weight is 344 g/mol. The van der Waals surface area contributed by atoms with E-state index in [2.05, 4.69) is 5.32 Å². The van der Waals surface area contributed by atoms with Gasteiger partial charge in [0.1, 0.15) is 12.8 Å². The maximum Gasteiger partial charge on any atom is 0.253 e. The normalized spacial score (nSPS) is 24.1. The number of nitrogens with zero attached hydrogens (tertiary/aromatic N) is 1. The van der Waals surface area contributed by atoms with Crippen LogP contribution in [-0.4, -0.2) is 38.4 Å². The van der Waals surface area contributed by atoms with Crippen LogP contribution in [0.15, 0.2) is 18.2 Å². The molecule has 1 atom stereocenters. The number of rotatable bonds is 4. The van der Waals surface area contributed by atoms with E-state index in [1.807, 2.05) is 18.2 Å². The van der Waals surface area contributed by atoms with E-state index < -0.39 is 0 Å². The third-order valence-electron chi connectivity index (χ3n) is 5.72. The number of benzene rings is 1. The van der Waals surface area contributed by atoms with Crippen molar-refractivity contribution in [1.82, 2.24) is 0 Å². The van der Waals surface area contributed by atoms with Crippen molar-refractivity contribution >= 4 is 23.2 Å². The minimum absolute atomic E-state index is 0.0654. The number of ether oxygens (including phenoxy) is 2. The molecule has 1 saturated heterocycles. The Labute approximate surface area is 147 Å². The topological polar surface area (TPSA) is 67.9 Å². The quantitative estimate of drug-likeness (QED) is 0.911. The van der Waals surface area contributed by atoms with Crippen molar-refractivity contribution in [3.05, 3.63) is 23.8 Å². The summed E-state index contributed by atoms with van der Waals surface area (Å²) in [6.45, 7) is 0.957. The number of fused-ring (bicyclic) bond motifs is 1. The standard InChI is InChI=1S/C19H24N2O4/c1-24-12-21-15-5-4-14(9-13(15)3-6-17(21)22)20-18(23)16-10-19(11-25-16)7-2-8-19/h4-5,9,16H,2-3,6-8,10-12H2,1H3,(H,20,23). The average Bonchev–Trinajstić information content (AvgIpc) is 3.04. The first-order chi connectivity index (χ1) is 12.1. The molecule has 4 rings (SSSR count). The lowest BCUT2D eigenvalue weighted by Crippen LogP contribution is -2.36. The molecule has 3 aliphatic rings. The van der Waals surface area contributed by atoms with E-state index in [1.54, 1.807) is 12.0 Å². The molecule has 0 aromatic heterocycles. The molecule has 1 spiro atoms. The van der Waals surface area contributed by atoms with Crippen molar-refractivity contribution in [3.8, 4) is 0 Å². The number of hydrogen-bond donors (Lipinski definition) is 1. The number of carbonyl (C=O) groups excluding carboxylic acids is 2. The summed E-state index contributed by atoms with van der Waals surface area (Å²) < 4.78 is 10.9. The highest BCUT2D eigenvalue weighted by Crippen LogP contribution is 2.49. The van der Waals surface area contributed by atoms with Gasteiger partial charge in [0.15, 0.2) is 0 Å². The predicted molar refractivity (Wildman–Crippen MR) is 93.4 cm³/mol. The third kappa shape index (κ3) is 3.04. The van der Waals surface area contributed by atoms with Crippen molar-refractivity contribution in [2.75, 3.05) is 30.7 Å². The molecule has 2 amide bonds. The number of hydrogen-bond acceptors (Lipinski definition) is 4. The molecule has 0 radical (unpaired) electrons. The lowest BCUT2D eigenvalue weighted by Gasteiger charge is -2.36. The van der Waals surface area contributed by atoms with Crippen LogP contribution in [0.1, 0.15) is 37.7 Å². The number of carbonyl (C=O) groups is 2. The highest BCUT2D eigenvalue weighted by Gasteiger charge is 2.46. The van der Waals surface area contributed by atoms with Crippen molar-refractivity contribution < 1.29 is 19.1 Å². The van der Waals surface area contributed by atoms with Gasteiger partial charge in [0, 0.05) is 24.9 Å². The lowest BCUT2D eigenvalue weighted by molar-refractivity contribution is -0.124. The van der Waals surface area contributed by atoms with Gasteiger partial charge in [-0.25, -0.2) is 0 Å². The van der Waals surface area contributed by atoms with Gasteiger partial charge < -0.3 is 14.8 Å². The molecule has 1 aliphatic carbocycles. The summed E-state index contributed by atoms with van der Waals surface area (Å²) in [6.07, 6.45) is 5.24. The zero-order chi connectivity index (χ0) is 17.4. The Kier molecular flexibility index (Phi) is 4.25. The molecule has 0 bridgehead atoms. The maximum atomic E-state index is 12.5. The second-order valence-corrected chi connectivity index (χ2v) is 7.43. The number of nitrogens with one attached hydrogen (secondary N) is 1. The highest BCUT2D eigenvalue weighted by atomic mass is 16.5. The van der Waals surface area contributed by atoms with Gasteiger partial charge in [-0.3, -0.25) is 14.5 Å². The molecule has 134 valence electrons. The zero-order valence-electron chi connectivity index (χ0n) is 14.5. The SMILES string of the molecule is COCN1C(=O)CCc2cc(NC(=O)C3CC4(CCC4)CO3)ccc21. The molecular formula is C19H24N2O4. The second-order valence-electron chi connectivity index (χ2n) is 7.43. The Bertz CT molecular complexity index is 699. The van der Waals surface area contributed by atoms with E-state index in [0.717, 1.165) is 23.4 Å². The molecule has 6 heteroatoms. The van der Waals surface area contributed by atoms with Crippen LogP contribution < -0.4 is 10.2 Å². The summed E-state index contributed by atoms with van der Waals surface area (Å²) in [5.41, 5.74) is 2.94. The molecule has 6 nitrogen and oxygen atoms in total. The molecule has 1 unspecified atom stereocenters. The van der Waals surface area contributed by atoms with E-state index in [-0.39, 0.29) is 30.1 Å². The van der Waals surface area contributed by atoms with Gasteiger partial charge in [-0.2, -0.15) is 0 Å². The number of amides is 2. The summed E-state index contributed by atoms with van der Waals surface area (Å²) in [5, 5.41) is 2.98. The Morgan fingerprint density at radius 3 is 2.92 bits per heavy atom. The molecule has 2 aliphatic heterocycles. The number of aryl methyl sites for hydroxylation is 1. The van der Waals surface area contributed by atoms with Crippen LogP contribution in [-0.2, 0) is 25.5 Å². The zero-order valence-corrected chi connectivity index (χ0v) is 14.5. The Balaban J connectivity index is 1.45.